The van der Waals surface area contributed by atoms with Crippen LogP contribution in [0.2, 0.25) is 0 Å². The summed E-state index contributed by atoms with van der Waals surface area (Å²) in [6, 6.07) is 12.7. The van der Waals surface area contributed by atoms with Gasteiger partial charge >= 0.3 is 0 Å². The fourth-order valence-electron chi connectivity index (χ4n) is 1.62. The highest BCUT2D eigenvalue weighted by molar-refractivity contribution is 7.91. The summed E-state index contributed by atoms with van der Waals surface area (Å²) in [6.45, 7) is 0. The van der Waals surface area contributed by atoms with Gasteiger partial charge in [0.25, 0.3) is 0 Å². The molecule has 2 N–H and O–H groups in total. The molecule has 0 bridgehead atoms. The van der Waals surface area contributed by atoms with Gasteiger partial charge in [-0.3, -0.25) is 0 Å². The maximum absolute atomic E-state index is 12.4. The zero-order valence-corrected chi connectivity index (χ0v) is 10.6. The first kappa shape index (κ1) is 12.4. The molecule has 0 heterocycles. The summed E-state index contributed by atoms with van der Waals surface area (Å²) in [4.78, 5) is 0.276. The molecule has 2 rings (SSSR count). The molecule has 2 aromatic rings. The van der Waals surface area contributed by atoms with E-state index < -0.39 is 9.84 Å². The van der Waals surface area contributed by atoms with Gasteiger partial charge in [-0.15, -0.1) is 0 Å². The van der Waals surface area contributed by atoms with Crippen LogP contribution in [0.4, 0.5) is 5.69 Å². The quantitative estimate of drug-likeness (QED) is 0.861. The van der Waals surface area contributed by atoms with E-state index in [9.17, 15) is 8.42 Å². The van der Waals surface area contributed by atoms with Gasteiger partial charge < -0.3 is 10.5 Å². The van der Waals surface area contributed by atoms with E-state index in [1.807, 2.05) is 0 Å². The number of anilines is 1. The summed E-state index contributed by atoms with van der Waals surface area (Å²) in [5.41, 5.74) is 5.94. The van der Waals surface area contributed by atoms with Crippen LogP contribution in [0.3, 0.4) is 0 Å². The maximum atomic E-state index is 12.4. The largest absolute Gasteiger partial charge is 0.497 e. The van der Waals surface area contributed by atoms with Crippen LogP contribution in [0, 0.1) is 0 Å². The SMILES string of the molecule is COc1cccc(S(=O)(=O)c2ccccc2N)c1. The monoisotopic (exact) mass is 263 g/mol. The number of nitrogen functional groups attached to an aromatic ring is 1. The third-order valence-electron chi connectivity index (χ3n) is 2.56. The molecule has 0 saturated heterocycles. The van der Waals surface area contributed by atoms with E-state index in [0.29, 0.717) is 5.75 Å². The molecule has 0 aliphatic carbocycles. The molecule has 2 aromatic carbocycles. The minimum absolute atomic E-state index is 0.109. The van der Waals surface area contributed by atoms with E-state index in [2.05, 4.69) is 0 Å². The molecular weight excluding hydrogens is 250 g/mol. The highest BCUT2D eigenvalue weighted by Crippen LogP contribution is 2.27. The lowest BCUT2D eigenvalue weighted by atomic mass is 10.3. The molecule has 0 aliphatic heterocycles. The van der Waals surface area contributed by atoms with Crippen LogP contribution in [-0.2, 0) is 9.84 Å². The Bertz CT molecular complexity index is 665. The summed E-state index contributed by atoms with van der Waals surface area (Å²) < 4.78 is 29.8. The van der Waals surface area contributed by atoms with Crippen molar-refractivity contribution >= 4 is 15.5 Å². The van der Waals surface area contributed by atoms with Crippen molar-refractivity contribution in [3.8, 4) is 5.75 Å². The minimum atomic E-state index is -3.61. The zero-order chi connectivity index (χ0) is 13.2. The van der Waals surface area contributed by atoms with Gasteiger partial charge in [0.1, 0.15) is 5.75 Å². The molecule has 0 radical (unpaired) electrons. The Hall–Kier alpha value is -2.01. The van der Waals surface area contributed by atoms with E-state index in [4.69, 9.17) is 10.5 Å². The van der Waals surface area contributed by atoms with Crippen LogP contribution >= 0.6 is 0 Å². The van der Waals surface area contributed by atoms with Crippen LogP contribution in [0.1, 0.15) is 0 Å². The first-order valence-electron chi connectivity index (χ1n) is 5.29. The Morgan fingerprint density at radius 1 is 1.06 bits per heavy atom. The van der Waals surface area contributed by atoms with Crippen LogP contribution in [0.5, 0.6) is 5.75 Å². The fourth-order valence-corrected chi connectivity index (χ4v) is 3.04. The lowest BCUT2D eigenvalue weighted by Gasteiger charge is -2.08. The summed E-state index contributed by atoms with van der Waals surface area (Å²) in [5.74, 6) is 0.491. The van der Waals surface area contributed by atoms with E-state index in [0.717, 1.165) is 0 Å². The van der Waals surface area contributed by atoms with Crippen molar-refractivity contribution in [1.82, 2.24) is 0 Å². The van der Waals surface area contributed by atoms with Gasteiger partial charge in [0.2, 0.25) is 9.84 Å². The third-order valence-corrected chi connectivity index (χ3v) is 4.39. The molecule has 0 amide bonds. The Kier molecular flexibility index (Phi) is 3.25. The third kappa shape index (κ3) is 2.17. The number of hydrogen-bond acceptors (Lipinski definition) is 4. The zero-order valence-electron chi connectivity index (χ0n) is 9.83. The van der Waals surface area contributed by atoms with E-state index in [-0.39, 0.29) is 15.5 Å². The molecule has 0 fully saturated rings. The van der Waals surface area contributed by atoms with Gasteiger partial charge in [-0.2, -0.15) is 0 Å². The molecule has 5 heteroatoms. The number of methoxy groups -OCH3 is 1. The molecule has 4 nitrogen and oxygen atoms in total. The van der Waals surface area contributed by atoms with Crippen LogP contribution in [0.15, 0.2) is 58.3 Å². The second kappa shape index (κ2) is 4.70. The van der Waals surface area contributed by atoms with Crippen molar-refractivity contribution in [1.29, 1.82) is 0 Å². The molecule has 0 spiro atoms. The lowest BCUT2D eigenvalue weighted by molar-refractivity contribution is 0.413. The molecular formula is C13H13NO3S. The Morgan fingerprint density at radius 3 is 2.44 bits per heavy atom. The summed E-state index contributed by atoms with van der Waals surface area (Å²) in [5, 5.41) is 0. The van der Waals surface area contributed by atoms with Crippen molar-refractivity contribution in [2.24, 2.45) is 0 Å². The number of nitrogens with two attached hydrogens (primary N) is 1. The normalized spacial score (nSPS) is 11.2. The second-order valence-corrected chi connectivity index (χ2v) is 5.64. The molecule has 0 aliphatic rings. The predicted molar refractivity (Wildman–Crippen MR) is 69.3 cm³/mol. The van der Waals surface area contributed by atoms with Gasteiger partial charge in [0.05, 0.1) is 22.6 Å². The van der Waals surface area contributed by atoms with Gasteiger partial charge in [-0.25, -0.2) is 8.42 Å². The van der Waals surface area contributed by atoms with Crippen molar-refractivity contribution < 1.29 is 13.2 Å². The maximum Gasteiger partial charge on any atom is 0.208 e. The Balaban J connectivity index is 2.58. The summed E-state index contributed by atoms with van der Waals surface area (Å²) in [7, 11) is -2.12. The lowest BCUT2D eigenvalue weighted by Crippen LogP contribution is -2.05. The van der Waals surface area contributed by atoms with Gasteiger partial charge in [-0.1, -0.05) is 18.2 Å². The van der Waals surface area contributed by atoms with Gasteiger partial charge in [-0.05, 0) is 30.3 Å². The Morgan fingerprint density at radius 2 is 1.78 bits per heavy atom. The molecule has 0 saturated carbocycles. The predicted octanol–water partition coefficient (Wildman–Crippen LogP) is 2.11. The minimum Gasteiger partial charge on any atom is -0.497 e. The number of rotatable bonds is 3. The average molecular weight is 263 g/mol. The number of sulfone groups is 1. The first-order valence-corrected chi connectivity index (χ1v) is 6.77. The number of benzene rings is 2. The molecule has 94 valence electrons. The first-order chi connectivity index (χ1) is 8.55. The fraction of sp³-hybridized carbons (Fsp3) is 0.0769. The standard InChI is InChI=1S/C13H13NO3S/c1-17-10-5-4-6-11(9-10)18(15,16)13-8-3-2-7-12(13)14/h2-9H,14H2,1H3. The van der Waals surface area contributed by atoms with Crippen LogP contribution < -0.4 is 10.5 Å². The molecule has 0 unspecified atom stereocenters. The van der Waals surface area contributed by atoms with Crippen molar-refractivity contribution in [3.63, 3.8) is 0 Å². The van der Waals surface area contributed by atoms with Gasteiger partial charge in [0, 0.05) is 0 Å². The van der Waals surface area contributed by atoms with E-state index in [1.54, 1.807) is 30.3 Å². The van der Waals surface area contributed by atoms with Crippen molar-refractivity contribution in [2.45, 2.75) is 9.79 Å². The summed E-state index contributed by atoms with van der Waals surface area (Å²) >= 11 is 0. The molecule has 0 aromatic heterocycles. The topological polar surface area (TPSA) is 69.4 Å². The molecule has 0 atom stereocenters. The van der Waals surface area contributed by atoms with Crippen LogP contribution in [0.25, 0.3) is 0 Å². The molecule has 18 heavy (non-hydrogen) atoms. The van der Waals surface area contributed by atoms with Crippen LogP contribution in [-0.4, -0.2) is 15.5 Å². The second-order valence-electron chi connectivity index (χ2n) is 3.72. The van der Waals surface area contributed by atoms with Crippen molar-refractivity contribution in [2.75, 3.05) is 12.8 Å². The average Bonchev–Trinajstić information content (AvgIpc) is 2.39. The highest BCUT2D eigenvalue weighted by atomic mass is 32.2. The van der Waals surface area contributed by atoms with E-state index in [1.165, 1.54) is 25.3 Å². The van der Waals surface area contributed by atoms with Crippen molar-refractivity contribution in [3.05, 3.63) is 48.5 Å². The number of para-hydroxylation sites is 1. The summed E-state index contributed by atoms with van der Waals surface area (Å²) in [6.07, 6.45) is 0. The number of ether oxygens (including phenoxy) is 1. The number of hydrogen-bond donors (Lipinski definition) is 1. The smallest absolute Gasteiger partial charge is 0.208 e. The highest BCUT2D eigenvalue weighted by Gasteiger charge is 2.20. The Labute approximate surface area is 106 Å². The van der Waals surface area contributed by atoms with E-state index >= 15 is 0 Å². The van der Waals surface area contributed by atoms with Gasteiger partial charge in [0.15, 0.2) is 0 Å².